The Bertz CT molecular complexity index is 1270. The molecule has 3 aromatic rings. The van der Waals surface area contributed by atoms with Crippen molar-refractivity contribution in [2.24, 2.45) is 0 Å². The highest BCUT2D eigenvalue weighted by molar-refractivity contribution is 5.92. The zero-order valence-corrected chi connectivity index (χ0v) is 21.6. The zero-order chi connectivity index (χ0) is 26.1. The molecule has 1 unspecified atom stereocenters. The van der Waals surface area contributed by atoms with Crippen LogP contribution in [0.15, 0.2) is 66.7 Å². The van der Waals surface area contributed by atoms with Gasteiger partial charge in [-0.2, -0.15) is 0 Å². The highest BCUT2D eigenvalue weighted by Crippen LogP contribution is 2.45. The Kier molecular flexibility index (Phi) is 6.67. The highest BCUT2D eigenvalue weighted by Gasteiger charge is 2.27. The van der Waals surface area contributed by atoms with Gasteiger partial charge in [-0.05, 0) is 82.5 Å². The van der Waals surface area contributed by atoms with E-state index in [0.717, 1.165) is 27.9 Å². The molecular weight excluding hydrogens is 454 g/mol. The number of carbonyl (C=O) groups excluding carboxylic acids is 2. The number of rotatable bonds is 3. The van der Waals surface area contributed by atoms with E-state index < -0.39 is 23.4 Å². The summed E-state index contributed by atoms with van der Waals surface area (Å²) < 4.78 is 10.8. The largest absolute Gasteiger partial charge is 0.444 e. The third kappa shape index (κ3) is 6.16. The Balaban J connectivity index is 1.69. The highest BCUT2D eigenvalue weighted by atomic mass is 16.6. The predicted octanol–water partition coefficient (Wildman–Crippen LogP) is 7.56. The maximum absolute atomic E-state index is 12.4. The summed E-state index contributed by atoms with van der Waals surface area (Å²) in [7, 11) is 0. The Morgan fingerprint density at radius 3 is 1.81 bits per heavy atom. The maximum atomic E-state index is 12.4. The molecule has 0 saturated carbocycles. The lowest BCUT2D eigenvalue weighted by Crippen LogP contribution is -2.27. The van der Waals surface area contributed by atoms with E-state index in [9.17, 15) is 9.59 Å². The van der Waals surface area contributed by atoms with Crippen LogP contribution in [-0.2, 0) is 9.47 Å². The molecule has 0 radical (unpaired) electrons. The van der Waals surface area contributed by atoms with E-state index in [1.165, 1.54) is 0 Å². The second-order valence-electron chi connectivity index (χ2n) is 10.8. The molecular formula is C29H33N3O4. The fourth-order valence-corrected chi connectivity index (χ4v) is 4.09. The van der Waals surface area contributed by atoms with Crippen LogP contribution in [0.1, 0.15) is 58.7 Å². The minimum atomic E-state index is -0.587. The Hall–Kier alpha value is -4.00. The van der Waals surface area contributed by atoms with Crippen LogP contribution in [0.3, 0.4) is 0 Å². The van der Waals surface area contributed by atoms with Crippen LogP contribution in [-0.4, -0.2) is 23.4 Å². The molecule has 1 atom stereocenters. The van der Waals surface area contributed by atoms with Gasteiger partial charge < -0.3 is 14.8 Å². The summed E-state index contributed by atoms with van der Waals surface area (Å²) in [5, 5.41) is 9.27. The lowest BCUT2D eigenvalue weighted by Gasteiger charge is -2.31. The van der Waals surface area contributed by atoms with Crippen LogP contribution < -0.4 is 16.0 Å². The number of benzene rings is 3. The van der Waals surface area contributed by atoms with Crippen LogP contribution in [0.25, 0.3) is 11.1 Å². The Morgan fingerprint density at radius 2 is 1.25 bits per heavy atom. The molecule has 2 amide bonds. The Morgan fingerprint density at radius 1 is 0.722 bits per heavy atom. The van der Waals surface area contributed by atoms with Crippen LogP contribution in [0.2, 0.25) is 0 Å². The number of hydrogen-bond acceptors (Lipinski definition) is 5. The molecule has 0 spiro atoms. The van der Waals surface area contributed by atoms with E-state index in [0.29, 0.717) is 11.4 Å². The maximum Gasteiger partial charge on any atom is 0.412 e. The van der Waals surface area contributed by atoms with Gasteiger partial charge in [0.1, 0.15) is 11.2 Å². The summed E-state index contributed by atoms with van der Waals surface area (Å²) in [4.78, 5) is 24.7. The van der Waals surface area contributed by atoms with Crippen LogP contribution in [0.5, 0.6) is 0 Å². The molecule has 7 heteroatoms. The van der Waals surface area contributed by atoms with Gasteiger partial charge in [-0.3, -0.25) is 10.6 Å². The molecule has 0 saturated heterocycles. The first-order valence-corrected chi connectivity index (χ1v) is 12.0. The number of carbonyl (C=O) groups is 2. The lowest BCUT2D eigenvalue weighted by molar-refractivity contribution is 0.0624. The van der Waals surface area contributed by atoms with Crippen molar-refractivity contribution in [3.8, 4) is 11.1 Å². The molecule has 4 rings (SSSR count). The molecule has 3 aromatic carbocycles. The van der Waals surface area contributed by atoms with Gasteiger partial charge in [-0.25, -0.2) is 9.59 Å². The summed E-state index contributed by atoms with van der Waals surface area (Å²) in [6.45, 7) is 11.0. The standard InChI is InChI=1S/C29H33N3O4/c1-28(2,3)35-26(33)30-19-12-14-21-22-15-13-20(31-27(34)36-29(4,5)6)17-24(22)32-25(23(21)16-19)18-10-8-7-9-11-18/h7-17,25,32H,1-6H3,(H,30,33)(H,31,34). The van der Waals surface area contributed by atoms with E-state index in [2.05, 4.69) is 28.1 Å². The second kappa shape index (κ2) is 9.57. The van der Waals surface area contributed by atoms with Gasteiger partial charge in [0.15, 0.2) is 0 Å². The smallest absolute Gasteiger partial charge is 0.412 e. The SMILES string of the molecule is CC(C)(C)OC(=O)Nc1ccc2c(c1)NC(c1ccccc1)c1cc(NC(=O)OC(C)(C)C)ccc1-2. The van der Waals surface area contributed by atoms with Gasteiger partial charge in [0, 0.05) is 22.6 Å². The average molecular weight is 488 g/mol. The topological polar surface area (TPSA) is 88.7 Å². The molecule has 0 aliphatic carbocycles. The first-order chi connectivity index (χ1) is 16.9. The monoisotopic (exact) mass is 487 g/mol. The van der Waals surface area contributed by atoms with Gasteiger partial charge >= 0.3 is 12.2 Å². The predicted molar refractivity (Wildman–Crippen MR) is 143 cm³/mol. The van der Waals surface area contributed by atoms with E-state index in [1.807, 2.05) is 96.1 Å². The van der Waals surface area contributed by atoms with Gasteiger partial charge in [0.25, 0.3) is 0 Å². The van der Waals surface area contributed by atoms with Crippen molar-refractivity contribution in [3.05, 3.63) is 77.9 Å². The number of nitrogens with one attached hydrogen (secondary N) is 3. The van der Waals surface area contributed by atoms with Crippen molar-refractivity contribution in [2.45, 2.75) is 58.8 Å². The number of hydrogen-bond donors (Lipinski definition) is 3. The normalized spacial score (nSPS) is 14.6. The summed E-state index contributed by atoms with van der Waals surface area (Å²) in [6.07, 6.45) is -1.00. The summed E-state index contributed by atoms with van der Waals surface area (Å²) in [5.74, 6) is 0. The van der Waals surface area contributed by atoms with Crippen molar-refractivity contribution >= 4 is 29.2 Å². The zero-order valence-electron chi connectivity index (χ0n) is 21.6. The van der Waals surface area contributed by atoms with Gasteiger partial charge in [0.2, 0.25) is 0 Å². The molecule has 3 N–H and O–H groups in total. The molecule has 0 fully saturated rings. The molecule has 7 nitrogen and oxygen atoms in total. The third-order valence-corrected chi connectivity index (χ3v) is 5.40. The molecule has 0 bridgehead atoms. The van der Waals surface area contributed by atoms with Gasteiger partial charge in [-0.1, -0.05) is 42.5 Å². The van der Waals surface area contributed by atoms with Gasteiger partial charge in [0.05, 0.1) is 6.04 Å². The Labute approximate surface area is 212 Å². The van der Waals surface area contributed by atoms with E-state index in [4.69, 9.17) is 9.47 Å². The first-order valence-electron chi connectivity index (χ1n) is 12.0. The number of anilines is 3. The number of amides is 2. The van der Waals surface area contributed by atoms with E-state index in [-0.39, 0.29) is 6.04 Å². The lowest BCUT2D eigenvalue weighted by atomic mass is 9.86. The van der Waals surface area contributed by atoms with Crippen molar-refractivity contribution in [1.29, 1.82) is 0 Å². The van der Waals surface area contributed by atoms with Gasteiger partial charge in [-0.15, -0.1) is 0 Å². The van der Waals surface area contributed by atoms with Crippen LogP contribution in [0.4, 0.5) is 26.7 Å². The van der Waals surface area contributed by atoms with Crippen molar-refractivity contribution in [1.82, 2.24) is 0 Å². The summed E-state index contributed by atoms with van der Waals surface area (Å²) in [5.41, 5.74) is 5.13. The van der Waals surface area contributed by atoms with Crippen molar-refractivity contribution < 1.29 is 19.1 Å². The number of fused-ring (bicyclic) bond motifs is 3. The molecule has 1 aliphatic rings. The van der Waals surface area contributed by atoms with Crippen molar-refractivity contribution in [2.75, 3.05) is 16.0 Å². The summed E-state index contributed by atoms with van der Waals surface area (Å²) in [6, 6.07) is 21.5. The fraction of sp³-hybridized carbons (Fsp3) is 0.310. The van der Waals surface area contributed by atoms with Crippen molar-refractivity contribution in [3.63, 3.8) is 0 Å². The molecule has 0 aromatic heterocycles. The van der Waals surface area contributed by atoms with Crippen LogP contribution >= 0.6 is 0 Å². The second-order valence-corrected chi connectivity index (χ2v) is 10.8. The van der Waals surface area contributed by atoms with Crippen LogP contribution in [0, 0.1) is 0 Å². The minimum Gasteiger partial charge on any atom is -0.444 e. The first kappa shape index (κ1) is 25.1. The van der Waals surface area contributed by atoms with E-state index in [1.54, 1.807) is 0 Å². The quantitative estimate of drug-likeness (QED) is 0.355. The summed E-state index contributed by atoms with van der Waals surface area (Å²) >= 11 is 0. The molecule has 36 heavy (non-hydrogen) atoms. The fourth-order valence-electron chi connectivity index (χ4n) is 4.09. The molecule has 1 aliphatic heterocycles. The number of ether oxygens (including phenoxy) is 2. The third-order valence-electron chi connectivity index (χ3n) is 5.40. The molecule has 188 valence electrons. The average Bonchev–Trinajstić information content (AvgIpc) is 2.76. The molecule has 1 heterocycles. The van der Waals surface area contributed by atoms with E-state index >= 15 is 0 Å². The minimum absolute atomic E-state index is 0.161.